The Morgan fingerprint density at radius 3 is 1.03 bits per heavy atom. The van der Waals surface area contributed by atoms with Crippen LogP contribution in [0.15, 0.2) is 109 Å². The number of hydrogen-bond acceptors (Lipinski definition) is 6. The van der Waals surface area contributed by atoms with Gasteiger partial charge in [0.25, 0.3) is 0 Å². The molecule has 356 valence electrons. The molecular weight excluding hydrogens is 781 g/mol. The van der Waals surface area contributed by atoms with Gasteiger partial charge in [0.05, 0.1) is 0 Å². The summed E-state index contributed by atoms with van der Waals surface area (Å²) in [6.07, 6.45) is 67.8. The summed E-state index contributed by atoms with van der Waals surface area (Å²) in [7, 11) is 0. The minimum absolute atomic E-state index is 0.111. The van der Waals surface area contributed by atoms with E-state index in [1.54, 1.807) is 0 Å². The molecule has 0 aromatic heterocycles. The third kappa shape index (κ3) is 49.0. The number of carbonyl (C=O) groups is 3. The number of ether oxygens (including phenoxy) is 3. The molecule has 63 heavy (non-hydrogen) atoms. The molecule has 0 heterocycles. The lowest BCUT2D eigenvalue weighted by Gasteiger charge is -2.18. The third-order valence-electron chi connectivity index (χ3n) is 10.4. The van der Waals surface area contributed by atoms with Crippen LogP contribution in [0.25, 0.3) is 0 Å². The fourth-order valence-electron chi connectivity index (χ4n) is 6.53. The van der Waals surface area contributed by atoms with Gasteiger partial charge in [-0.2, -0.15) is 0 Å². The van der Waals surface area contributed by atoms with Crippen LogP contribution in [0.4, 0.5) is 0 Å². The van der Waals surface area contributed by atoms with Gasteiger partial charge in [-0.15, -0.1) is 0 Å². The highest BCUT2D eigenvalue weighted by atomic mass is 16.6. The van der Waals surface area contributed by atoms with Crippen LogP contribution >= 0.6 is 0 Å². The number of unbranched alkanes of at least 4 members (excludes halogenated alkanes) is 21. The first-order chi connectivity index (χ1) is 31.0. The smallest absolute Gasteiger partial charge is 0.306 e. The minimum atomic E-state index is -0.812. The minimum Gasteiger partial charge on any atom is -0.462 e. The molecule has 0 aromatic carbocycles. The van der Waals surface area contributed by atoms with Gasteiger partial charge < -0.3 is 14.2 Å². The topological polar surface area (TPSA) is 78.9 Å². The fraction of sp³-hybridized carbons (Fsp3) is 0.632. The molecule has 0 amide bonds. The summed E-state index contributed by atoms with van der Waals surface area (Å²) in [4.78, 5) is 37.9. The van der Waals surface area contributed by atoms with E-state index in [-0.39, 0.29) is 37.5 Å². The van der Waals surface area contributed by atoms with Gasteiger partial charge in [0, 0.05) is 19.3 Å². The first kappa shape index (κ1) is 59.1. The molecule has 0 N–H and O–H groups in total. The van der Waals surface area contributed by atoms with Crippen molar-refractivity contribution in [2.45, 2.75) is 219 Å². The van der Waals surface area contributed by atoms with E-state index in [1.807, 2.05) is 0 Å². The van der Waals surface area contributed by atoms with Crippen molar-refractivity contribution < 1.29 is 28.6 Å². The lowest BCUT2D eigenvalue weighted by atomic mass is 10.1. The van der Waals surface area contributed by atoms with Gasteiger partial charge in [-0.3, -0.25) is 14.4 Å². The van der Waals surface area contributed by atoms with Crippen molar-refractivity contribution in [2.24, 2.45) is 0 Å². The van der Waals surface area contributed by atoms with E-state index in [9.17, 15) is 14.4 Å². The zero-order valence-electron chi connectivity index (χ0n) is 40.5. The largest absolute Gasteiger partial charge is 0.462 e. The molecule has 6 nitrogen and oxygen atoms in total. The second-order valence-electron chi connectivity index (χ2n) is 16.5. The summed E-state index contributed by atoms with van der Waals surface area (Å²) in [5.41, 5.74) is 0. The Hall–Kier alpha value is -3.93. The van der Waals surface area contributed by atoms with Crippen LogP contribution < -0.4 is 0 Å². The lowest BCUT2D eigenvalue weighted by molar-refractivity contribution is -0.167. The first-order valence-electron chi connectivity index (χ1n) is 25.5. The second-order valence-corrected chi connectivity index (χ2v) is 16.5. The summed E-state index contributed by atoms with van der Waals surface area (Å²) in [5, 5.41) is 0. The van der Waals surface area contributed by atoms with Crippen LogP contribution in [0.5, 0.6) is 0 Å². The molecule has 0 fully saturated rings. The first-order valence-corrected chi connectivity index (χ1v) is 25.5. The average Bonchev–Trinajstić information content (AvgIpc) is 3.28. The molecule has 0 bridgehead atoms. The maximum absolute atomic E-state index is 12.8. The van der Waals surface area contributed by atoms with Crippen molar-refractivity contribution in [1.29, 1.82) is 0 Å². The molecule has 0 aliphatic heterocycles. The van der Waals surface area contributed by atoms with Crippen molar-refractivity contribution in [3.63, 3.8) is 0 Å². The molecule has 0 spiro atoms. The van der Waals surface area contributed by atoms with Gasteiger partial charge >= 0.3 is 17.9 Å². The number of esters is 3. The van der Waals surface area contributed by atoms with E-state index in [4.69, 9.17) is 14.2 Å². The Balaban J connectivity index is 4.48. The molecule has 0 saturated heterocycles. The molecule has 1 unspecified atom stereocenters. The number of rotatable bonds is 44. The Bertz CT molecular complexity index is 1330. The van der Waals surface area contributed by atoms with Crippen LogP contribution in [0.3, 0.4) is 0 Å². The normalized spacial score (nSPS) is 13.0. The fourth-order valence-corrected chi connectivity index (χ4v) is 6.53. The predicted octanol–water partition coefficient (Wildman–Crippen LogP) is 16.8. The highest BCUT2D eigenvalue weighted by Gasteiger charge is 2.19. The van der Waals surface area contributed by atoms with Crippen LogP contribution in [-0.2, 0) is 28.6 Å². The molecule has 0 aliphatic rings. The van der Waals surface area contributed by atoms with E-state index < -0.39 is 6.10 Å². The van der Waals surface area contributed by atoms with Gasteiger partial charge in [-0.1, -0.05) is 214 Å². The third-order valence-corrected chi connectivity index (χ3v) is 10.4. The Labute approximate surface area is 387 Å². The van der Waals surface area contributed by atoms with Crippen LogP contribution in [0, 0.1) is 0 Å². The van der Waals surface area contributed by atoms with Gasteiger partial charge in [0.2, 0.25) is 0 Å². The van der Waals surface area contributed by atoms with E-state index in [1.165, 1.54) is 64.2 Å². The highest BCUT2D eigenvalue weighted by molar-refractivity contribution is 5.71. The second kappa shape index (κ2) is 50.7. The van der Waals surface area contributed by atoms with Crippen molar-refractivity contribution in [2.75, 3.05) is 13.2 Å². The standard InChI is InChI=1S/C57H92O6/c1-4-7-10-13-16-19-21-23-25-27-29-31-33-35-38-41-44-47-50-56(59)62-53-54(52-61-55(58)49-46-43-40-37-18-15-12-9-6-3)63-57(60)51-48-45-42-39-36-34-32-30-28-26-24-22-20-17-14-11-8-5-2/h16-17,19-32,37,40,54H,4-15,18,33-36,38-39,41-53H2,1-3H3/b19-16-,20-17-,23-21-,24-22-,27-25-,28-26-,31-29-,32-30-,40-37-. The van der Waals surface area contributed by atoms with Crippen molar-refractivity contribution >= 4 is 17.9 Å². The highest BCUT2D eigenvalue weighted by Crippen LogP contribution is 2.12. The predicted molar refractivity (Wildman–Crippen MR) is 270 cm³/mol. The quantitative estimate of drug-likeness (QED) is 0.0199. The summed E-state index contributed by atoms with van der Waals surface area (Å²) in [6.45, 7) is 6.44. The van der Waals surface area contributed by atoms with E-state index in [0.29, 0.717) is 19.3 Å². The van der Waals surface area contributed by atoms with Crippen LogP contribution in [0.2, 0.25) is 0 Å². The van der Waals surface area contributed by atoms with E-state index in [2.05, 4.69) is 130 Å². The van der Waals surface area contributed by atoms with Gasteiger partial charge in [-0.05, 0) is 89.9 Å². The van der Waals surface area contributed by atoms with Crippen molar-refractivity contribution in [3.8, 4) is 0 Å². The molecule has 0 aromatic rings. The Morgan fingerprint density at radius 2 is 0.603 bits per heavy atom. The molecule has 0 saturated carbocycles. The molecule has 0 radical (unpaired) electrons. The van der Waals surface area contributed by atoms with Gasteiger partial charge in [0.1, 0.15) is 13.2 Å². The zero-order chi connectivity index (χ0) is 45.8. The summed E-state index contributed by atoms with van der Waals surface area (Å²) >= 11 is 0. The van der Waals surface area contributed by atoms with Crippen molar-refractivity contribution in [3.05, 3.63) is 109 Å². The Morgan fingerprint density at radius 1 is 0.317 bits per heavy atom. The molecule has 1 atom stereocenters. The number of allylic oxidation sites excluding steroid dienone is 18. The van der Waals surface area contributed by atoms with Crippen LogP contribution in [0.1, 0.15) is 213 Å². The molecule has 6 heteroatoms. The van der Waals surface area contributed by atoms with Gasteiger partial charge in [-0.25, -0.2) is 0 Å². The zero-order valence-corrected chi connectivity index (χ0v) is 40.5. The molecule has 0 rings (SSSR count). The Kier molecular flexibility index (Phi) is 47.5. The van der Waals surface area contributed by atoms with Gasteiger partial charge in [0.15, 0.2) is 6.10 Å². The SMILES string of the molecule is CCCCC\C=C/C=C\C=C/C=C\CCCCCCCC(=O)OCC(COC(=O)CCC/C=C\CCCCCC)OC(=O)CCCCCCC\C=C/C=C\C=C/C=C\CCCCC. The number of carbonyl (C=O) groups excluding carboxylic acids is 3. The van der Waals surface area contributed by atoms with E-state index >= 15 is 0 Å². The molecular formula is C57H92O6. The monoisotopic (exact) mass is 873 g/mol. The maximum atomic E-state index is 12.8. The summed E-state index contributed by atoms with van der Waals surface area (Å²) in [5.74, 6) is -0.998. The average molecular weight is 873 g/mol. The van der Waals surface area contributed by atoms with Crippen LogP contribution in [-0.4, -0.2) is 37.2 Å². The lowest BCUT2D eigenvalue weighted by Crippen LogP contribution is -2.30. The van der Waals surface area contributed by atoms with Crippen molar-refractivity contribution in [1.82, 2.24) is 0 Å². The van der Waals surface area contributed by atoms with E-state index in [0.717, 1.165) is 103 Å². The summed E-state index contributed by atoms with van der Waals surface area (Å²) in [6, 6.07) is 0. The maximum Gasteiger partial charge on any atom is 0.306 e. The molecule has 0 aliphatic carbocycles. The number of hydrogen-bond donors (Lipinski definition) is 0. The summed E-state index contributed by atoms with van der Waals surface area (Å²) < 4.78 is 16.7.